The zero-order valence-electron chi connectivity index (χ0n) is 19.3. The second-order valence-electron chi connectivity index (χ2n) is 10.4. The number of ether oxygens (including phenoxy) is 1. The number of nitrogens with zero attached hydrogens (tertiary/aromatic N) is 1. The summed E-state index contributed by atoms with van der Waals surface area (Å²) in [6.45, 7) is 6.63. The highest BCUT2D eigenvalue weighted by Crippen LogP contribution is 2.61. The smallest absolute Gasteiger partial charge is 0.238 e. The number of imide groups is 1. The van der Waals surface area contributed by atoms with Crippen LogP contribution in [0.1, 0.15) is 60.4 Å². The van der Waals surface area contributed by atoms with Gasteiger partial charge >= 0.3 is 0 Å². The molecule has 3 aromatic rings. The van der Waals surface area contributed by atoms with Crippen LogP contribution in [0.5, 0.6) is 5.75 Å². The van der Waals surface area contributed by atoms with Crippen molar-refractivity contribution in [2.75, 3.05) is 12.0 Å². The van der Waals surface area contributed by atoms with E-state index < -0.39 is 0 Å². The van der Waals surface area contributed by atoms with Gasteiger partial charge in [-0.1, -0.05) is 63.2 Å². The molecule has 3 aliphatic carbocycles. The molecular weight excluding hydrogens is 410 g/mol. The minimum atomic E-state index is -0.373. The van der Waals surface area contributed by atoms with Gasteiger partial charge in [0.05, 0.1) is 24.6 Å². The first-order valence-electron chi connectivity index (χ1n) is 11.6. The number of hydrogen-bond donors (Lipinski definition) is 0. The number of methoxy groups -OCH3 is 1. The second kappa shape index (κ2) is 6.80. The van der Waals surface area contributed by atoms with Gasteiger partial charge in [0.25, 0.3) is 0 Å². The van der Waals surface area contributed by atoms with Crippen molar-refractivity contribution in [3.05, 3.63) is 94.5 Å². The summed E-state index contributed by atoms with van der Waals surface area (Å²) in [7, 11) is 1.60. The first-order valence-corrected chi connectivity index (χ1v) is 11.6. The van der Waals surface area contributed by atoms with Crippen molar-refractivity contribution in [2.45, 2.75) is 38.0 Å². The van der Waals surface area contributed by atoms with Gasteiger partial charge < -0.3 is 4.74 Å². The fraction of sp³-hybridized carbons (Fsp3) is 0.310. The predicted molar refractivity (Wildman–Crippen MR) is 128 cm³/mol. The van der Waals surface area contributed by atoms with Gasteiger partial charge in [-0.05, 0) is 57.5 Å². The fourth-order valence-corrected chi connectivity index (χ4v) is 6.18. The molecule has 1 saturated heterocycles. The molecule has 2 amide bonds. The van der Waals surface area contributed by atoms with E-state index in [9.17, 15) is 9.59 Å². The standard InChI is InChI=1S/C29H27NO3/c1-29(2,3)16-9-14-21-22(15-16)24-20-8-6-5-7-19(20)23(21)25-26(24)28(32)30(27(25)31)17-10-12-18(33-4)13-11-17/h5-15,23-26H,1-4H3/t23-,24-,25+,26-/m1/s1. The third-order valence-corrected chi connectivity index (χ3v) is 7.74. The van der Waals surface area contributed by atoms with Gasteiger partial charge in [-0.3, -0.25) is 9.59 Å². The predicted octanol–water partition coefficient (Wildman–Crippen LogP) is 5.39. The summed E-state index contributed by atoms with van der Waals surface area (Å²) in [5, 5.41) is 0. The van der Waals surface area contributed by atoms with Gasteiger partial charge in [-0.2, -0.15) is 0 Å². The Kier molecular flexibility index (Phi) is 4.17. The molecule has 1 heterocycles. The van der Waals surface area contributed by atoms with Crippen molar-refractivity contribution >= 4 is 17.5 Å². The van der Waals surface area contributed by atoms with Gasteiger partial charge in [0, 0.05) is 11.8 Å². The fourth-order valence-electron chi connectivity index (χ4n) is 6.18. The molecule has 2 bridgehead atoms. The van der Waals surface area contributed by atoms with Crippen molar-refractivity contribution in [3.8, 4) is 5.75 Å². The van der Waals surface area contributed by atoms with Crippen LogP contribution in [0.4, 0.5) is 5.69 Å². The first-order chi connectivity index (χ1) is 15.8. The van der Waals surface area contributed by atoms with E-state index in [1.165, 1.54) is 32.7 Å². The summed E-state index contributed by atoms with van der Waals surface area (Å²) >= 11 is 0. The van der Waals surface area contributed by atoms with Crippen LogP contribution in [0.3, 0.4) is 0 Å². The Morgan fingerprint density at radius 1 is 0.727 bits per heavy atom. The Hall–Kier alpha value is -3.40. The largest absolute Gasteiger partial charge is 0.497 e. The van der Waals surface area contributed by atoms with E-state index >= 15 is 0 Å². The van der Waals surface area contributed by atoms with Crippen molar-refractivity contribution in [2.24, 2.45) is 11.8 Å². The first kappa shape index (κ1) is 20.2. The number of hydrogen-bond acceptors (Lipinski definition) is 3. The summed E-state index contributed by atoms with van der Waals surface area (Å²) in [5.41, 5.74) is 6.68. The molecule has 1 aliphatic heterocycles. The second-order valence-corrected chi connectivity index (χ2v) is 10.4. The average molecular weight is 438 g/mol. The highest BCUT2D eigenvalue weighted by molar-refractivity contribution is 6.23. The quantitative estimate of drug-likeness (QED) is 0.505. The van der Waals surface area contributed by atoms with Gasteiger partial charge in [0.2, 0.25) is 11.8 Å². The SMILES string of the molecule is COc1ccc(N2C(=O)[C@@H]3[C@@H]4c5ccccc5[C@H](c5ccc(C(C)(C)C)cc54)[C@@H]3C2=O)cc1. The highest BCUT2D eigenvalue weighted by atomic mass is 16.5. The molecule has 4 atom stereocenters. The Labute approximate surface area is 194 Å². The van der Waals surface area contributed by atoms with Crippen LogP contribution in [-0.4, -0.2) is 18.9 Å². The molecule has 0 saturated carbocycles. The molecule has 4 aliphatic rings. The number of amides is 2. The van der Waals surface area contributed by atoms with Crippen molar-refractivity contribution in [1.82, 2.24) is 0 Å². The number of rotatable bonds is 2. The molecule has 3 aromatic carbocycles. The van der Waals surface area contributed by atoms with E-state index in [1.54, 1.807) is 31.4 Å². The molecule has 166 valence electrons. The third-order valence-electron chi connectivity index (χ3n) is 7.74. The maximum Gasteiger partial charge on any atom is 0.238 e. The molecule has 4 heteroatoms. The summed E-state index contributed by atoms with van der Waals surface area (Å²) in [6, 6.07) is 22.2. The van der Waals surface area contributed by atoms with Crippen molar-refractivity contribution in [1.29, 1.82) is 0 Å². The number of carbonyl (C=O) groups is 2. The zero-order chi connectivity index (χ0) is 23.1. The molecule has 1 fully saturated rings. The molecule has 33 heavy (non-hydrogen) atoms. The maximum atomic E-state index is 13.9. The lowest BCUT2D eigenvalue weighted by Gasteiger charge is -2.46. The average Bonchev–Trinajstić information content (AvgIpc) is 3.09. The zero-order valence-corrected chi connectivity index (χ0v) is 19.3. The van der Waals surface area contributed by atoms with E-state index in [2.05, 4.69) is 51.1 Å². The van der Waals surface area contributed by atoms with E-state index in [-0.39, 0.29) is 40.9 Å². The Morgan fingerprint density at radius 3 is 1.82 bits per heavy atom. The molecule has 0 N–H and O–H groups in total. The van der Waals surface area contributed by atoms with Crippen LogP contribution >= 0.6 is 0 Å². The van der Waals surface area contributed by atoms with Crippen LogP contribution in [0.2, 0.25) is 0 Å². The normalized spacial score (nSPS) is 25.0. The van der Waals surface area contributed by atoms with E-state index in [0.717, 1.165) is 0 Å². The summed E-state index contributed by atoms with van der Waals surface area (Å²) < 4.78 is 5.26. The molecule has 4 nitrogen and oxygen atoms in total. The van der Waals surface area contributed by atoms with Crippen LogP contribution in [-0.2, 0) is 15.0 Å². The van der Waals surface area contributed by atoms with Crippen LogP contribution in [0.25, 0.3) is 0 Å². The Balaban J connectivity index is 1.53. The molecule has 7 rings (SSSR count). The van der Waals surface area contributed by atoms with E-state index in [1.807, 2.05) is 12.1 Å². The van der Waals surface area contributed by atoms with Crippen molar-refractivity contribution < 1.29 is 14.3 Å². The lowest BCUT2D eigenvalue weighted by atomic mass is 9.54. The summed E-state index contributed by atoms with van der Waals surface area (Å²) in [6.07, 6.45) is 0. The number of carbonyl (C=O) groups excluding carboxylic acids is 2. The van der Waals surface area contributed by atoms with Crippen LogP contribution in [0, 0.1) is 11.8 Å². The van der Waals surface area contributed by atoms with Crippen molar-refractivity contribution in [3.63, 3.8) is 0 Å². The number of anilines is 1. The van der Waals surface area contributed by atoms with Gasteiger partial charge in [0.1, 0.15) is 5.75 Å². The lowest BCUT2D eigenvalue weighted by Crippen LogP contribution is -2.41. The van der Waals surface area contributed by atoms with E-state index in [0.29, 0.717) is 11.4 Å². The van der Waals surface area contributed by atoms with E-state index in [4.69, 9.17) is 4.74 Å². The Bertz CT molecular complexity index is 1300. The Morgan fingerprint density at radius 2 is 1.27 bits per heavy atom. The highest BCUT2D eigenvalue weighted by Gasteiger charge is 2.61. The molecule has 0 spiro atoms. The minimum absolute atomic E-state index is 0.00920. The third kappa shape index (κ3) is 2.70. The van der Waals surface area contributed by atoms with Crippen LogP contribution in [0.15, 0.2) is 66.7 Å². The van der Waals surface area contributed by atoms with Gasteiger partial charge in [-0.15, -0.1) is 0 Å². The maximum absolute atomic E-state index is 13.9. The minimum Gasteiger partial charge on any atom is -0.497 e. The molecule has 0 radical (unpaired) electrons. The number of benzene rings is 3. The molecular formula is C29H27NO3. The topological polar surface area (TPSA) is 46.6 Å². The monoisotopic (exact) mass is 437 g/mol. The summed E-state index contributed by atoms with van der Waals surface area (Å²) in [4.78, 5) is 29.1. The molecule has 0 aromatic heterocycles. The summed E-state index contributed by atoms with van der Waals surface area (Å²) in [5.74, 6) is -0.427. The van der Waals surface area contributed by atoms with Gasteiger partial charge in [0.15, 0.2) is 0 Å². The molecule has 0 unspecified atom stereocenters. The lowest BCUT2D eigenvalue weighted by molar-refractivity contribution is -0.122. The van der Waals surface area contributed by atoms with Gasteiger partial charge in [-0.25, -0.2) is 4.90 Å². The van der Waals surface area contributed by atoms with Crippen LogP contribution < -0.4 is 9.64 Å².